The molecule has 3 saturated heterocycles. The maximum atomic E-state index is 12.2. The number of alkyl halides is 4. The van der Waals surface area contributed by atoms with E-state index in [9.17, 15) is 14.8 Å². The van der Waals surface area contributed by atoms with Crippen LogP contribution >= 0.6 is 69.6 Å². The molecule has 0 unspecified atom stereocenters. The van der Waals surface area contributed by atoms with Crippen molar-refractivity contribution in [1.82, 2.24) is 5.06 Å². The van der Waals surface area contributed by atoms with Gasteiger partial charge in [0.05, 0.1) is 34.1 Å². The normalized spacial score (nSPS) is 56.5. The van der Waals surface area contributed by atoms with E-state index in [1.165, 1.54) is 0 Å². The molecule has 1 N–H and O–H groups in total. The van der Waals surface area contributed by atoms with Gasteiger partial charge >= 0.3 is 0 Å². The summed E-state index contributed by atoms with van der Waals surface area (Å²) < 4.78 is 4.15. The first-order valence-corrected chi connectivity index (χ1v) is 9.33. The van der Waals surface area contributed by atoms with Crippen LogP contribution in [0.25, 0.3) is 0 Å². The van der Waals surface area contributed by atoms with Gasteiger partial charge in [-0.15, -0.1) is 23.2 Å². The molecule has 0 spiro atoms. The Labute approximate surface area is 165 Å². The van der Waals surface area contributed by atoms with Gasteiger partial charge in [-0.25, -0.2) is 0 Å². The third-order valence-electron chi connectivity index (χ3n) is 6.16. The minimum absolute atomic E-state index is 0.0254. The Balaban J connectivity index is 1.73. The largest absolute Gasteiger partial charge is 0.373 e. The molecule has 5 rings (SSSR count). The Hall–Kier alpha value is 0.540. The average molecular weight is 454 g/mol. The predicted molar refractivity (Wildman–Crippen MR) is 86.6 cm³/mol. The molecule has 0 aromatic carbocycles. The molecule has 5 aliphatic rings. The van der Waals surface area contributed by atoms with Crippen LogP contribution in [0.1, 0.15) is 0 Å². The Bertz CT molecular complexity index is 714. The zero-order valence-electron chi connectivity index (χ0n) is 11.4. The summed E-state index contributed by atoms with van der Waals surface area (Å²) >= 11 is 39.2. The number of ether oxygens (including phenoxy) is 1. The lowest BCUT2D eigenvalue weighted by Gasteiger charge is -2.39. The highest BCUT2D eigenvalue weighted by Gasteiger charge is 2.89. The van der Waals surface area contributed by atoms with Gasteiger partial charge in [-0.1, -0.05) is 46.4 Å². The molecule has 1 saturated carbocycles. The lowest BCUT2D eigenvalue weighted by atomic mass is 9.65. The minimum Gasteiger partial charge on any atom is -0.373 e. The summed E-state index contributed by atoms with van der Waals surface area (Å²) in [7, 11) is 0. The van der Waals surface area contributed by atoms with E-state index in [4.69, 9.17) is 74.3 Å². The maximum absolute atomic E-state index is 12.2. The quantitative estimate of drug-likeness (QED) is 0.348. The number of hydrogen-bond acceptors (Lipinski definition) is 4. The Morgan fingerprint density at radius 3 is 1.62 bits per heavy atom. The molecule has 8 atom stereocenters. The van der Waals surface area contributed by atoms with Crippen molar-refractivity contribution in [3.05, 3.63) is 10.1 Å². The molecule has 0 aromatic rings. The zero-order valence-corrected chi connectivity index (χ0v) is 15.9. The topological polar surface area (TPSA) is 66.8 Å². The van der Waals surface area contributed by atoms with Crippen molar-refractivity contribution in [2.75, 3.05) is 0 Å². The van der Waals surface area contributed by atoms with Gasteiger partial charge in [0.2, 0.25) is 0 Å². The number of amides is 2. The van der Waals surface area contributed by atoms with Crippen molar-refractivity contribution >= 4 is 81.4 Å². The van der Waals surface area contributed by atoms with Crippen LogP contribution in [0.4, 0.5) is 0 Å². The highest BCUT2D eigenvalue weighted by molar-refractivity contribution is 6.65. The fourth-order valence-electron chi connectivity index (χ4n) is 5.28. The molecule has 5 nitrogen and oxygen atoms in total. The van der Waals surface area contributed by atoms with E-state index in [0.717, 1.165) is 0 Å². The summed E-state index contributed by atoms with van der Waals surface area (Å²) in [5.41, 5.74) is 0. The molecule has 11 heteroatoms. The van der Waals surface area contributed by atoms with Crippen molar-refractivity contribution in [3.8, 4) is 0 Å². The van der Waals surface area contributed by atoms with Crippen LogP contribution in [-0.2, 0) is 14.3 Å². The van der Waals surface area contributed by atoms with Crippen molar-refractivity contribution in [2.24, 2.45) is 23.7 Å². The van der Waals surface area contributed by atoms with E-state index in [0.29, 0.717) is 0 Å². The molecular weight excluding hydrogens is 447 g/mol. The number of carbonyl (C=O) groups is 2. The summed E-state index contributed by atoms with van der Waals surface area (Å²) in [6.07, 6.45) is -1.57. The first-order chi connectivity index (χ1) is 11.0. The first kappa shape index (κ1) is 16.7. The van der Waals surface area contributed by atoms with E-state index in [1.54, 1.807) is 0 Å². The third kappa shape index (κ3) is 1.28. The second-order valence-electron chi connectivity index (χ2n) is 6.78. The van der Waals surface area contributed by atoms with E-state index in [-0.39, 0.29) is 15.1 Å². The van der Waals surface area contributed by atoms with E-state index >= 15 is 0 Å². The van der Waals surface area contributed by atoms with Crippen LogP contribution in [0.5, 0.6) is 0 Å². The maximum Gasteiger partial charge on any atom is 0.259 e. The highest BCUT2D eigenvalue weighted by Crippen LogP contribution is 2.81. The molecule has 0 radical (unpaired) electrons. The number of nitrogens with zero attached hydrogens (tertiary/aromatic N) is 1. The molecular formula is C13H7Cl6NO4. The van der Waals surface area contributed by atoms with Gasteiger partial charge in [0.15, 0.2) is 4.33 Å². The molecule has 3 aliphatic heterocycles. The van der Waals surface area contributed by atoms with Crippen LogP contribution in [0.15, 0.2) is 10.1 Å². The minimum atomic E-state index is -1.74. The number of fused-ring (bicyclic) bond motifs is 12. The summed E-state index contributed by atoms with van der Waals surface area (Å²) in [5, 5.41) is 9.86. The van der Waals surface area contributed by atoms with Crippen molar-refractivity contribution in [3.63, 3.8) is 0 Å². The van der Waals surface area contributed by atoms with Crippen molar-refractivity contribution < 1.29 is 19.5 Å². The number of rotatable bonds is 0. The number of hydrogen-bond donors (Lipinski definition) is 1. The number of imide groups is 1. The SMILES string of the molecule is O=C1[C@@H]2[C@H]3O[C@@H]([C@@H]2C(=O)N1O)[C@@H]1[C@H]3[C@@]2(Cl)C(Cl)=C(Cl)[C@@]1(Cl)C2(Cl)Cl. The van der Waals surface area contributed by atoms with Gasteiger partial charge < -0.3 is 4.74 Å². The fraction of sp³-hybridized carbons (Fsp3) is 0.692. The lowest BCUT2D eigenvalue weighted by Crippen LogP contribution is -2.50. The smallest absolute Gasteiger partial charge is 0.259 e. The van der Waals surface area contributed by atoms with Gasteiger partial charge in [0.1, 0.15) is 9.75 Å². The Morgan fingerprint density at radius 2 is 1.25 bits per heavy atom. The molecule has 4 bridgehead atoms. The molecule has 130 valence electrons. The molecule has 2 aliphatic carbocycles. The van der Waals surface area contributed by atoms with Crippen LogP contribution in [0.3, 0.4) is 0 Å². The summed E-state index contributed by atoms with van der Waals surface area (Å²) in [4.78, 5) is 21.4. The first-order valence-electron chi connectivity index (χ1n) is 7.07. The number of halogens is 6. The number of carbonyl (C=O) groups excluding carboxylic acids is 2. The second kappa shape index (κ2) is 4.33. The Morgan fingerprint density at radius 1 is 0.875 bits per heavy atom. The standard InChI is InChI=1S/C13H7Cl6NO4/c14-7-8(15)12(17)4-3(11(7,16)13(12,18)19)5-1-2(6(4)24-5)10(22)20(23)9(1)21/h1-6,23H/t1-,2+,3+,4-,5+,6-,11-,12-/m1/s1. The van der Waals surface area contributed by atoms with E-state index in [1.807, 2.05) is 0 Å². The van der Waals surface area contributed by atoms with Gasteiger partial charge in [0.25, 0.3) is 11.8 Å². The fourth-order valence-corrected chi connectivity index (χ4v) is 8.34. The van der Waals surface area contributed by atoms with Crippen molar-refractivity contribution in [2.45, 2.75) is 26.3 Å². The van der Waals surface area contributed by atoms with Crippen LogP contribution in [0.2, 0.25) is 0 Å². The van der Waals surface area contributed by atoms with Crippen LogP contribution in [0, 0.1) is 23.7 Å². The predicted octanol–water partition coefficient (Wildman–Crippen LogP) is 2.84. The summed E-state index contributed by atoms with van der Waals surface area (Å²) in [5.74, 6) is -4.42. The van der Waals surface area contributed by atoms with Crippen molar-refractivity contribution in [1.29, 1.82) is 0 Å². The lowest BCUT2D eigenvalue weighted by molar-refractivity contribution is -0.176. The zero-order chi connectivity index (χ0) is 17.6. The van der Waals surface area contributed by atoms with Gasteiger partial charge in [0, 0.05) is 11.8 Å². The number of allylic oxidation sites excluding steroid dienone is 2. The molecule has 0 aromatic heterocycles. The molecule has 3 heterocycles. The molecule has 2 amide bonds. The second-order valence-corrected chi connectivity index (χ2v) is 10.1. The summed E-state index contributed by atoms with van der Waals surface area (Å²) in [6, 6.07) is 0. The third-order valence-corrected chi connectivity index (χ3v) is 10.4. The van der Waals surface area contributed by atoms with Gasteiger partial charge in [-0.3, -0.25) is 14.8 Å². The Kier molecular flexibility index (Phi) is 3.01. The number of hydroxylamine groups is 2. The van der Waals surface area contributed by atoms with E-state index in [2.05, 4.69) is 0 Å². The van der Waals surface area contributed by atoms with Crippen LogP contribution in [-0.4, -0.2) is 48.4 Å². The van der Waals surface area contributed by atoms with Crippen LogP contribution < -0.4 is 0 Å². The van der Waals surface area contributed by atoms with Gasteiger partial charge in [-0.05, 0) is 0 Å². The summed E-state index contributed by atoms with van der Waals surface area (Å²) in [6.45, 7) is 0. The van der Waals surface area contributed by atoms with E-state index < -0.39 is 61.8 Å². The van der Waals surface area contributed by atoms with Gasteiger partial charge in [-0.2, -0.15) is 5.06 Å². The molecule has 24 heavy (non-hydrogen) atoms. The monoisotopic (exact) mass is 451 g/mol. The average Bonchev–Trinajstić information content (AvgIpc) is 3.21. The highest BCUT2D eigenvalue weighted by atomic mass is 35.5. The molecule has 4 fully saturated rings.